The van der Waals surface area contributed by atoms with Gasteiger partial charge in [-0.3, -0.25) is 19.8 Å². The Labute approximate surface area is 203 Å². The number of thioether (sulfide) groups is 1. The Morgan fingerprint density at radius 2 is 1.94 bits per heavy atom. The first-order valence-electron chi connectivity index (χ1n) is 9.55. The van der Waals surface area contributed by atoms with Gasteiger partial charge >= 0.3 is 0 Å². The zero-order chi connectivity index (χ0) is 23.5. The number of hydrogen-bond donors (Lipinski definition) is 1. The molecule has 1 fully saturated rings. The van der Waals surface area contributed by atoms with Crippen molar-refractivity contribution in [3.8, 4) is 11.5 Å². The number of phenolic OH excluding ortho intramolecular Hbond substituents is 1. The van der Waals surface area contributed by atoms with Crippen LogP contribution in [0.1, 0.15) is 11.1 Å². The quantitative estimate of drug-likeness (QED) is 0.194. The van der Waals surface area contributed by atoms with E-state index < -0.39 is 10.8 Å². The van der Waals surface area contributed by atoms with Gasteiger partial charge in [-0.25, -0.2) is 0 Å². The minimum Gasteiger partial charge on any atom is -0.508 e. The molecule has 0 unspecified atom stereocenters. The number of non-ortho nitro benzene ring substituents is 1. The number of nitro benzene ring substituents is 1. The Morgan fingerprint density at radius 3 is 2.67 bits per heavy atom. The molecule has 1 amide bonds. The van der Waals surface area contributed by atoms with E-state index >= 15 is 0 Å². The van der Waals surface area contributed by atoms with E-state index in [-0.39, 0.29) is 27.3 Å². The van der Waals surface area contributed by atoms with Gasteiger partial charge in [0.05, 0.1) is 15.5 Å². The Morgan fingerprint density at radius 1 is 1.15 bits per heavy atom. The predicted molar refractivity (Wildman–Crippen MR) is 133 cm³/mol. The second-order valence-corrected chi connectivity index (χ2v) is 8.98. The van der Waals surface area contributed by atoms with Crippen LogP contribution in [0.4, 0.5) is 11.4 Å². The maximum atomic E-state index is 13.1. The third-order valence-corrected chi connectivity index (χ3v) is 6.38. The lowest BCUT2D eigenvalue weighted by Crippen LogP contribution is -2.27. The number of phenols is 1. The van der Waals surface area contributed by atoms with Crippen molar-refractivity contribution < 1.29 is 19.6 Å². The molecule has 1 aliphatic rings. The summed E-state index contributed by atoms with van der Waals surface area (Å²) in [6.07, 6.45) is 1.51. The Kier molecular flexibility index (Phi) is 6.64. The third-order valence-electron chi connectivity index (χ3n) is 4.71. The molecular weight excluding hydrogens is 484 g/mol. The van der Waals surface area contributed by atoms with E-state index in [1.807, 2.05) is 12.1 Å². The summed E-state index contributed by atoms with van der Waals surface area (Å²) in [6, 6.07) is 17.5. The molecule has 1 saturated heterocycles. The van der Waals surface area contributed by atoms with Crippen LogP contribution in [0.5, 0.6) is 11.5 Å². The monoisotopic (exact) mass is 498 g/mol. The lowest BCUT2D eigenvalue weighted by Gasteiger charge is -2.14. The Hall–Kier alpha value is -3.40. The van der Waals surface area contributed by atoms with Crippen LogP contribution in [0, 0.1) is 10.1 Å². The Balaban J connectivity index is 1.67. The number of benzene rings is 3. The largest absolute Gasteiger partial charge is 0.508 e. The molecule has 33 heavy (non-hydrogen) atoms. The summed E-state index contributed by atoms with van der Waals surface area (Å²) in [6.45, 7) is 0.141. The van der Waals surface area contributed by atoms with Gasteiger partial charge in [0.2, 0.25) is 0 Å². The summed E-state index contributed by atoms with van der Waals surface area (Å²) in [7, 11) is 0. The predicted octanol–water partition coefficient (Wildman–Crippen LogP) is 5.94. The first kappa shape index (κ1) is 22.8. The third kappa shape index (κ3) is 5.00. The second kappa shape index (κ2) is 9.62. The maximum absolute atomic E-state index is 13.1. The van der Waals surface area contributed by atoms with Crippen molar-refractivity contribution >= 4 is 63.3 Å². The van der Waals surface area contributed by atoms with Crippen LogP contribution in [-0.4, -0.2) is 20.3 Å². The van der Waals surface area contributed by atoms with E-state index in [2.05, 4.69) is 0 Å². The molecule has 1 aliphatic heterocycles. The first-order chi connectivity index (χ1) is 15.8. The number of rotatable bonds is 6. The van der Waals surface area contributed by atoms with Crippen molar-refractivity contribution in [1.29, 1.82) is 0 Å². The maximum Gasteiger partial charge on any atom is 0.270 e. The summed E-state index contributed by atoms with van der Waals surface area (Å²) >= 11 is 12.6. The number of carbonyl (C=O) groups is 1. The number of aromatic hydroxyl groups is 1. The average molecular weight is 499 g/mol. The van der Waals surface area contributed by atoms with E-state index in [1.54, 1.807) is 24.3 Å². The van der Waals surface area contributed by atoms with Crippen LogP contribution in [0.25, 0.3) is 6.08 Å². The van der Waals surface area contributed by atoms with Gasteiger partial charge in [0.15, 0.2) is 4.32 Å². The van der Waals surface area contributed by atoms with Gasteiger partial charge in [-0.15, -0.1) is 0 Å². The summed E-state index contributed by atoms with van der Waals surface area (Å²) in [5.74, 6) is -0.0539. The molecule has 7 nitrogen and oxygen atoms in total. The smallest absolute Gasteiger partial charge is 0.270 e. The highest BCUT2D eigenvalue weighted by Crippen LogP contribution is 2.38. The molecule has 0 radical (unpaired) electrons. The molecule has 0 aromatic heterocycles. The normalized spacial score (nSPS) is 14.7. The number of hydrogen-bond acceptors (Lipinski definition) is 7. The molecule has 10 heteroatoms. The molecule has 0 bridgehead atoms. The second-order valence-electron chi connectivity index (χ2n) is 6.90. The van der Waals surface area contributed by atoms with Crippen molar-refractivity contribution in [3.63, 3.8) is 0 Å². The first-order valence-corrected chi connectivity index (χ1v) is 11.2. The lowest BCUT2D eigenvalue weighted by molar-refractivity contribution is -0.384. The number of ether oxygens (including phenoxy) is 1. The number of halogens is 1. The number of amides is 1. The average Bonchev–Trinajstić information content (AvgIpc) is 3.06. The van der Waals surface area contributed by atoms with Gasteiger partial charge in [0, 0.05) is 34.3 Å². The van der Waals surface area contributed by atoms with Crippen LogP contribution in [0.2, 0.25) is 5.02 Å². The van der Waals surface area contributed by atoms with Gasteiger partial charge in [-0.1, -0.05) is 59.8 Å². The highest BCUT2D eigenvalue weighted by molar-refractivity contribution is 8.27. The number of thiocarbonyl (C=S) groups is 1. The highest BCUT2D eigenvalue weighted by atomic mass is 35.5. The van der Waals surface area contributed by atoms with Crippen LogP contribution in [0.15, 0.2) is 71.6 Å². The van der Waals surface area contributed by atoms with Crippen molar-refractivity contribution in [1.82, 2.24) is 0 Å². The highest BCUT2D eigenvalue weighted by Gasteiger charge is 2.33. The molecule has 3 aromatic carbocycles. The Bertz CT molecular complexity index is 1310. The van der Waals surface area contributed by atoms with Crippen LogP contribution < -0.4 is 9.64 Å². The molecule has 1 heterocycles. The molecule has 0 atom stereocenters. The zero-order valence-corrected chi connectivity index (χ0v) is 19.2. The summed E-state index contributed by atoms with van der Waals surface area (Å²) in [5, 5.41) is 21.6. The van der Waals surface area contributed by atoms with Crippen molar-refractivity contribution in [2.24, 2.45) is 0 Å². The number of nitro groups is 1. The standard InChI is InChI=1S/C23H15ClN2O5S2/c24-19-7-2-1-4-14(19)13-31-20-9-8-17(26(29)30)10-15(20)11-21-22(28)25(23(32)33-21)16-5-3-6-18(27)12-16/h1-12,27H,13H2/b21-11-. The summed E-state index contributed by atoms with van der Waals surface area (Å²) in [4.78, 5) is 25.4. The van der Waals surface area contributed by atoms with E-state index in [9.17, 15) is 20.0 Å². The molecule has 166 valence electrons. The fourth-order valence-electron chi connectivity index (χ4n) is 3.13. The minimum atomic E-state index is -0.521. The topological polar surface area (TPSA) is 92.9 Å². The minimum absolute atomic E-state index is 0.000488. The number of anilines is 1. The summed E-state index contributed by atoms with van der Waals surface area (Å²) < 4.78 is 6.17. The molecule has 1 N–H and O–H groups in total. The van der Waals surface area contributed by atoms with Gasteiger partial charge in [0.1, 0.15) is 18.1 Å². The molecule has 0 saturated carbocycles. The van der Waals surface area contributed by atoms with E-state index in [0.29, 0.717) is 22.0 Å². The van der Waals surface area contributed by atoms with Crippen LogP contribution in [0.3, 0.4) is 0 Å². The SMILES string of the molecule is O=C1/C(=C/c2cc([N+](=O)[O-])ccc2OCc2ccccc2Cl)SC(=S)N1c1cccc(O)c1. The fourth-order valence-corrected chi connectivity index (χ4v) is 4.61. The van der Waals surface area contributed by atoms with Gasteiger partial charge in [-0.2, -0.15) is 0 Å². The lowest BCUT2D eigenvalue weighted by atomic mass is 10.1. The number of nitrogens with zero attached hydrogens (tertiary/aromatic N) is 2. The van der Waals surface area contributed by atoms with Gasteiger partial charge in [-0.05, 0) is 30.3 Å². The van der Waals surface area contributed by atoms with E-state index in [4.69, 9.17) is 28.6 Å². The van der Waals surface area contributed by atoms with E-state index in [1.165, 1.54) is 41.3 Å². The fraction of sp³-hybridized carbons (Fsp3) is 0.0435. The van der Waals surface area contributed by atoms with Gasteiger partial charge in [0.25, 0.3) is 11.6 Å². The molecule has 0 aliphatic carbocycles. The summed E-state index contributed by atoms with van der Waals surface area (Å²) in [5.41, 5.74) is 1.39. The molecule has 0 spiro atoms. The molecule has 4 rings (SSSR count). The van der Waals surface area contributed by atoms with Crippen molar-refractivity contribution in [2.75, 3.05) is 4.90 Å². The van der Waals surface area contributed by atoms with Crippen molar-refractivity contribution in [3.05, 3.63) is 97.9 Å². The van der Waals surface area contributed by atoms with Crippen molar-refractivity contribution in [2.45, 2.75) is 6.61 Å². The van der Waals surface area contributed by atoms with E-state index in [0.717, 1.165) is 17.3 Å². The van der Waals surface area contributed by atoms with Gasteiger partial charge < -0.3 is 9.84 Å². The molecular formula is C23H15ClN2O5S2. The molecule has 3 aromatic rings. The van der Waals surface area contributed by atoms with Crippen LogP contribution in [-0.2, 0) is 11.4 Å². The van der Waals surface area contributed by atoms with Crippen LogP contribution >= 0.6 is 35.6 Å². The zero-order valence-electron chi connectivity index (χ0n) is 16.8. The number of carbonyl (C=O) groups excluding carboxylic acids is 1.